The van der Waals surface area contributed by atoms with Crippen molar-refractivity contribution in [3.8, 4) is 0 Å². The topological polar surface area (TPSA) is 29.3 Å². The molecule has 3 heteroatoms. The number of hydrogen-bond donors (Lipinski definition) is 1. The predicted octanol–water partition coefficient (Wildman–Crippen LogP) is 3.24. The lowest BCUT2D eigenvalue weighted by Crippen LogP contribution is -2.26. The summed E-state index contributed by atoms with van der Waals surface area (Å²) in [7, 11) is 0. The fourth-order valence-electron chi connectivity index (χ4n) is 1.64. The highest BCUT2D eigenvalue weighted by Gasteiger charge is 2.04. The molecule has 0 aliphatic heterocycles. The molecule has 90 valence electrons. The van der Waals surface area contributed by atoms with Crippen LogP contribution in [0.4, 0.5) is 11.4 Å². The Hall–Kier alpha value is -0.830. The van der Waals surface area contributed by atoms with Gasteiger partial charge >= 0.3 is 0 Å². The van der Waals surface area contributed by atoms with E-state index in [2.05, 4.69) is 30.9 Å². The minimum absolute atomic E-state index is 0.836. The molecule has 0 heterocycles. The van der Waals surface area contributed by atoms with Gasteiger partial charge in [-0.15, -0.1) is 0 Å². The number of benzene rings is 1. The second-order valence-corrected chi connectivity index (χ2v) is 5.17. The largest absolute Gasteiger partial charge is 0.399 e. The molecule has 0 aliphatic carbocycles. The van der Waals surface area contributed by atoms with E-state index in [4.69, 9.17) is 5.73 Å². The highest BCUT2D eigenvalue weighted by molar-refractivity contribution is 7.99. The van der Waals surface area contributed by atoms with Gasteiger partial charge in [0.1, 0.15) is 0 Å². The summed E-state index contributed by atoms with van der Waals surface area (Å²) in [6.07, 6.45) is 1.18. The van der Waals surface area contributed by atoms with Gasteiger partial charge in [-0.05, 0) is 36.4 Å². The highest BCUT2D eigenvalue weighted by Crippen LogP contribution is 2.17. The van der Waals surface area contributed by atoms with Crippen molar-refractivity contribution in [2.45, 2.75) is 20.3 Å². The summed E-state index contributed by atoms with van der Waals surface area (Å²) < 4.78 is 0. The Balaban J connectivity index is 2.57. The van der Waals surface area contributed by atoms with Crippen LogP contribution in [0.1, 0.15) is 20.3 Å². The predicted molar refractivity (Wildman–Crippen MR) is 76.4 cm³/mol. The zero-order valence-corrected chi connectivity index (χ0v) is 11.1. The van der Waals surface area contributed by atoms with Gasteiger partial charge in [0.05, 0.1) is 0 Å². The van der Waals surface area contributed by atoms with E-state index in [1.165, 1.54) is 23.6 Å². The van der Waals surface area contributed by atoms with Crippen molar-refractivity contribution in [3.05, 3.63) is 24.3 Å². The summed E-state index contributed by atoms with van der Waals surface area (Å²) in [4.78, 5) is 2.43. The normalized spacial score (nSPS) is 10.4. The van der Waals surface area contributed by atoms with Gasteiger partial charge in [0.15, 0.2) is 0 Å². The first-order valence-electron chi connectivity index (χ1n) is 5.96. The van der Waals surface area contributed by atoms with Gasteiger partial charge < -0.3 is 10.6 Å². The first kappa shape index (κ1) is 13.2. The first-order chi connectivity index (χ1) is 7.77. The Morgan fingerprint density at radius 2 is 1.81 bits per heavy atom. The Bertz CT molecular complexity index is 284. The number of anilines is 2. The summed E-state index contributed by atoms with van der Waals surface area (Å²) in [6, 6.07) is 8.18. The smallest absolute Gasteiger partial charge is 0.0367 e. The lowest BCUT2D eigenvalue weighted by atomic mass is 10.2. The molecule has 0 radical (unpaired) electrons. The maximum atomic E-state index is 5.70. The molecule has 0 spiro atoms. The van der Waals surface area contributed by atoms with Gasteiger partial charge in [0.25, 0.3) is 0 Å². The van der Waals surface area contributed by atoms with E-state index in [0.29, 0.717) is 0 Å². The van der Waals surface area contributed by atoms with E-state index in [0.717, 1.165) is 18.8 Å². The van der Waals surface area contributed by atoms with E-state index >= 15 is 0 Å². The molecule has 2 nitrogen and oxygen atoms in total. The third-order valence-electron chi connectivity index (χ3n) is 2.46. The fourth-order valence-corrected chi connectivity index (χ4v) is 2.28. The summed E-state index contributed by atoms with van der Waals surface area (Å²) >= 11 is 1.99. The number of nitrogen functional groups attached to an aromatic ring is 1. The minimum Gasteiger partial charge on any atom is -0.399 e. The molecule has 0 amide bonds. The highest BCUT2D eigenvalue weighted by atomic mass is 32.2. The van der Waals surface area contributed by atoms with Crippen molar-refractivity contribution in [3.63, 3.8) is 0 Å². The van der Waals surface area contributed by atoms with Gasteiger partial charge in [-0.2, -0.15) is 11.8 Å². The lowest BCUT2D eigenvalue weighted by molar-refractivity contribution is 0.796. The minimum atomic E-state index is 0.836. The second-order valence-electron chi connectivity index (χ2n) is 3.78. The molecule has 2 N–H and O–H groups in total. The third kappa shape index (κ3) is 4.35. The summed E-state index contributed by atoms with van der Waals surface area (Å²) in [5.74, 6) is 2.39. The average molecular weight is 238 g/mol. The van der Waals surface area contributed by atoms with Gasteiger partial charge in [0.2, 0.25) is 0 Å². The Morgan fingerprint density at radius 3 is 2.38 bits per heavy atom. The van der Waals surface area contributed by atoms with Crippen molar-refractivity contribution in [1.29, 1.82) is 0 Å². The van der Waals surface area contributed by atoms with E-state index in [9.17, 15) is 0 Å². The average Bonchev–Trinajstić information content (AvgIpc) is 2.29. The van der Waals surface area contributed by atoms with Crippen LogP contribution in [-0.2, 0) is 0 Å². The molecule has 0 aliphatic rings. The van der Waals surface area contributed by atoms with Crippen molar-refractivity contribution in [2.75, 3.05) is 35.2 Å². The number of nitrogens with zero attached hydrogens (tertiary/aromatic N) is 1. The molecular formula is C13H22N2S. The Morgan fingerprint density at radius 1 is 1.12 bits per heavy atom. The first-order valence-corrected chi connectivity index (χ1v) is 7.11. The number of rotatable bonds is 7. The summed E-state index contributed by atoms with van der Waals surface area (Å²) in [5, 5.41) is 0. The molecule has 0 saturated heterocycles. The molecule has 1 aromatic carbocycles. The quantitative estimate of drug-likeness (QED) is 0.584. The van der Waals surface area contributed by atoms with E-state index < -0.39 is 0 Å². The van der Waals surface area contributed by atoms with Crippen LogP contribution in [-0.4, -0.2) is 24.6 Å². The number of thioether (sulfide) groups is 1. The molecule has 16 heavy (non-hydrogen) atoms. The van der Waals surface area contributed by atoms with E-state index in [-0.39, 0.29) is 0 Å². The maximum absolute atomic E-state index is 5.70. The van der Waals surface area contributed by atoms with Crippen molar-refractivity contribution >= 4 is 23.1 Å². The van der Waals surface area contributed by atoms with Crippen LogP contribution in [0, 0.1) is 0 Å². The standard InChI is InChI=1S/C13H22N2S/c1-3-9-15(10-11-16-4-2)13-7-5-12(14)6-8-13/h5-8H,3-4,9-11,14H2,1-2H3. The van der Waals surface area contributed by atoms with Crippen LogP contribution < -0.4 is 10.6 Å². The maximum Gasteiger partial charge on any atom is 0.0367 e. The van der Waals surface area contributed by atoms with Crippen molar-refractivity contribution < 1.29 is 0 Å². The zero-order chi connectivity index (χ0) is 11.8. The van der Waals surface area contributed by atoms with Gasteiger partial charge in [-0.3, -0.25) is 0 Å². The lowest BCUT2D eigenvalue weighted by Gasteiger charge is -2.24. The molecule has 0 bridgehead atoms. The molecule has 0 unspecified atom stereocenters. The number of nitrogens with two attached hydrogens (primary N) is 1. The van der Waals surface area contributed by atoms with Crippen LogP contribution in [0.5, 0.6) is 0 Å². The van der Waals surface area contributed by atoms with Gasteiger partial charge in [0, 0.05) is 30.2 Å². The molecule has 1 aromatic rings. The van der Waals surface area contributed by atoms with Crippen LogP contribution in [0.2, 0.25) is 0 Å². The van der Waals surface area contributed by atoms with Crippen LogP contribution >= 0.6 is 11.8 Å². The number of hydrogen-bond acceptors (Lipinski definition) is 3. The second kappa shape index (κ2) is 7.44. The van der Waals surface area contributed by atoms with Crippen LogP contribution in [0.3, 0.4) is 0 Å². The Kier molecular flexibility index (Phi) is 6.16. The molecular weight excluding hydrogens is 216 g/mol. The Labute approximate surface area is 103 Å². The van der Waals surface area contributed by atoms with Crippen molar-refractivity contribution in [2.24, 2.45) is 0 Å². The van der Waals surface area contributed by atoms with Gasteiger partial charge in [-0.1, -0.05) is 13.8 Å². The third-order valence-corrected chi connectivity index (χ3v) is 3.34. The zero-order valence-electron chi connectivity index (χ0n) is 10.3. The molecule has 0 fully saturated rings. The SMILES string of the molecule is CCCN(CCSCC)c1ccc(N)cc1. The summed E-state index contributed by atoms with van der Waals surface area (Å²) in [5.41, 5.74) is 7.82. The van der Waals surface area contributed by atoms with Crippen LogP contribution in [0.15, 0.2) is 24.3 Å². The molecule has 1 rings (SSSR count). The molecule has 0 aromatic heterocycles. The summed E-state index contributed by atoms with van der Waals surface area (Å²) in [6.45, 7) is 6.67. The van der Waals surface area contributed by atoms with Crippen molar-refractivity contribution in [1.82, 2.24) is 0 Å². The molecule has 0 saturated carbocycles. The van der Waals surface area contributed by atoms with E-state index in [1.54, 1.807) is 0 Å². The monoisotopic (exact) mass is 238 g/mol. The van der Waals surface area contributed by atoms with E-state index in [1.807, 2.05) is 23.9 Å². The van der Waals surface area contributed by atoms with Gasteiger partial charge in [-0.25, -0.2) is 0 Å². The van der Waals surface area contributed by atoms with Crippen LogP contribution in [0.25, 0.3) is 0 Å². The molecule has 0 atom stereocenters. The fraction of sp³-hybridized carbons (Fsp3) is 0.538.